The summed E-state index contributed by atoms with van der Waals surface area (Å²) in [6, 6.07) is 10.2. The molecular weight excluding hydrogens is 286 g/mol. The largest absolute Gasteiger partial charge is 0.354 e. The third kappa shape index (κ3) is 4.81. The molecule has 1 heterocycles. The second-order valence-corrected chi connectivity index (χ2v) is 7.04. The zero-order valence-corrected chi connectivity index (χ0v) is 14.5. The maximum atomic E-state index is 12.0. The molecule has 0 saturated heterocycles. The van der Waals surface area contributed by atoms with Gasteiger partial charge in [-0.2, -0.15) is 0 Å². The van der Waals surface area contributed by atoms with Crippen molar-refractivity contribution in [2.24, 2.45) is 0 Å². The Morgan fingerprint density at radius 1 is 1.04 bits per heavy atom. The number of nitrogens with zero attached hydrogens (tertiary/aromatic N) is 1. The first-order valence-corrected chi connectivity index (χ1v) is 7.89. The first-order chi connectivity index (χ1) is 10.8. The molecule has 2 N–H and O–H groups in total. The number of anilines is 2. The molecule has 4 heteroatoms. The molecule has 0 spiro atoms. The molecule has 2 rings (SSSR count). The summed E-state index contributed by atoms with van der Waals surface area (Å²) in [5.41, 5.74) is 3.74. The van der Waals surface area contributed by atoms with Crippen LogP contribution in [0.5, 0.6) is 0 Å². The van der Waals surface area contributed by atoms with Crippen molar-refractivity contribution in [1.29, 1.82) is 0 Å². The van der Waals surface area contributed by atoms with Gasteiger partial charge in [0, 0.05) is 17.9 Å². The minimum atomic E-state index is -0.112. The summed E-state index contributed by atoms with van der Waals surface area (Å²) >= 11 is 0. The highest BCUT2D eigenvalue weighted by Gasteiger charge is 2.13. The van der Waals surface area contributed by atoms with Crippen molar-refractivity contribution < 1.29 is 4.79 Å². The fourth-order valence-electron chi connectivity index (χ4n) is 2.20. The predicted octanol–water partition coefficient (Wildman–Crippen LogP) is 4.26. The summed E-state index contributed by atoms with van der Waals surface area (Å²) in [6.45, 7) is 10.4. The molecule has 0 saturated carbocycles. The van der Waals surface area contributed by atoms with Gasteiger partial charge >= 0.3 is 0 Å². The van der Waals surface area contributed by atoms with Gasteiger partial charge in [-0.3, -0.25) is 9.78 Å². The van der Waals surface area contributed by atoms with Gasteiger partial charge in [-0.25, -0.2) is 0 Å². The monoisotopic (exact) mass is 311 g/mol. The normalized spacial score (nSPS) is 11.4. The van der Waals surface area contributed by atoms with E-state index in [-0.39, 0.29) is 17.4 Å². The van der Waals surface area contributed by atoms with Gasteiger partial charge in [0.2, 0.25) is 0 Å². The lowest BCUT2D eigenvalue weighted by atomic mass is 9.87. The third-order valence-electron chi connectivity index (χ3n) is 3.46. The van der Waals surface area contributed by atoms with Crippen molar-refractivity contribution in [3.63, 3.8) is 0 Å². The number of hydrogen-bond donors (Lipinski definition) is 2. The van der Waals surface area contributed by atoms with E-state index in [9.17, 15) is 4.79 Å². The number of rotatable bonds is 4. The van der Waals surface area contributed by atoms with Crippen molar-refractivity contribution in [1.82, 2.24) is 10.3 Å². The van der Waals surface area contributed by atoms with Gasteiger partial charge in [0.1, 0.15) is 0 Å². The van der Waals surface area contributed by atoms with E-state index < -0.39 is 0 Å². The van der Waals surface area contributed by atoms with Crippen molar-refractivity contribution in [2.45, 2.75) is 46.1 Å². The molecule has 0 aliphatic carbocycles. The van der Waals surface area contributed by atoms with Crippen molar-refractivity contribution >= 4 is 17.3 Å². The first kappa shape index (κ1) is 17.0. The average Bonchev–Trinajstić information content (AvgIpc) is 2.46. The molecule has 4 nitrogen and oxygen atoms in total. The Morgan fingerprint density at radius 2 is 1.70 bits per heavy atom. The summed E-state index contributed by atoms with van der Waals surface area (Å²) in [5, 5.41) is 6.16. The van der Waals surface area contributed by atoms with Crippen molar-refractivity contribution in [3.05, 3.63) is 53.9 Å². The van der Waals surface area contributed by atoms with Gasteiger partial charge in [0.25, 0.3) is 5.91 Å². The Balaban J connectivity index is 2.13. The Kier molecular flexibility index (Phi) is 5.04. The Bertz CT molecular complexity index is 670. The Labute approximate surface area is 138 Å². The van der Waals surface area contributed by atoms with Gasteiger partial charge in [0.15, 0.2) is 0 Å². The van der Waals surface area contributed by atoms with Crippen LogP contribution in [-0.4, -0.2) is 16.9 Å². The molecule has 0 bridgehead atoms. The second-order valence-electron chi connectivity index (χ2n) is 7.04. The minimum absolute atomic E-state index is 0.101. The van der Waals surface area contributed by atoms with Crippen molar-refractivity contribution in [2.75, 3.05) is 5.32 Å². The Morgan fingerprint density at radius 3 is 2.26 bits per heavy atom. The molecule has 1 aromatic heterocycles. The highest BCUT2D eigenvalue weighted by Crippen LogP contribution is 2.24. The number of aromatic nitrogens is 1. The number of amides is 1. The number of carbonyl (C=O) groups is 1. The maximum absolute atomic E-state index is 12.0. The third-order valence-corrected chi connectivity index (χ3v) is 3.46. The summed E-state index contributed by atoms with van der Waals surface area (Å²) in [4.78, 5) is 16.2. The molecule has 122 valence electrons. The van der Waals surface area contributed by atoms with Crippen LogP contribution in [-0.2, 0) is 5.41 Å². The van der Waals surface area contributed by atoms with E-state index >= 15 is 0 Å². The smallest absolute Gasteiger partial charge is 0.253 e. The van der Waals surface area contributed by atoms with E-state index in [4.69, 9.17) is 0 Å². The lowest BCUT2D eigenvalue weighted by molar-refractivity contribution is 0.0943. The van der Waals surface area contributed by atoms with Crippen LogP contribution in [0, 0.1) is 0 Å². The second kappa shape index (κ2) is 6.82. The summed E-state index contributed by atoms with van der Waals surface area (Å²) in [7, 11) is 0. The lowest BCUT2D eigenvalue weighted by Crippen LogP contribution is -2.30. The van der Waals surface area contributed by atoms with Gasteiger partial charge in [-0.1, -0.05) is 32.9 Å². The van der Waals surface area contributed by atoms with Crippen LogP contribution in [0.3, 0.4) is 0 Å². The fourth-order valence-corrected chi connectivity index (χ4v) is 2.20. The molecular formula is C19H25N3O. The predicted molar refractivity (Wildman–Crippen MR) is 95.3 cm³/mol. The number of nitrogens with one attached hydrogen (secondary N) is 2. The topological polar surface area (TPSA) is 54.0 Å². The average molecular weight is 311 g/mol. The van der Waals surface area contributed by atoms with Crippen LogP contribution in [0.1, 0.15) is 50.5 Å². The van der Waals surface area contributed by atoms with Gasteiger partial charge < -0.3 is 10.6 Å². The molecule has 1 amide bonds. The molecule has 23 heavy (non-hydrogen) atoms. The standard InChI is InChI=1S/C19H25N3O/c1-13(2)21-18(23)14-10-17(12-20-11-14)22-16-8-6-15(7-9-16)19(3,4)5/h6-13,22H,1-5H3,(H,21,23). The van der Waals surface area contributed by atoms with Crippen LogP contribution in [0.25, 0.3) is 0 Å². The highest BCUT2D eigenvalue weighted by atomic mass is 16.1. The van der Waals surface area contributed by atoms with Gasteiger partial charge in [-0.15, -0.1) is 0 Å². The van der Waals surface area contributed by atoms with E-state index in [1.807, 2.05) is 32.0 Å². The number of hydrogen-bond acceptors (Lipinski definition) is 3. The van der Waals surface area contributed by atoms with E-state index in [2.05, 4.69) is 48.5 Å². The zero-order valence-electron chi connectivity index (χ0n) is 14.5. The van der Waals surface area contributed by atoms with Crippen LogP contribution in [0.15, 0.2) is 42.7 Å². The molecule has 2 aromatic rings. The lowest BCUT2D eigenvalue weighted by Gasteiger charge is -2.19. The molecule has 1 aromatic carbocycles. The fraction of sp³-hybridized carbons (Fsp3) is 0.368. The van der Waals surface area contributed by atoms with Gasteiger partial charge in [-0.05, 0) is 43.0 Å². The SMILES string of the molecule is CC(C)NC(=O)c1cncc(Nc2ccc(C(C)(C)C)cc2)c1. The Hall–Kier alpha value is -2.36. The maximum Gasteiger partial charge on any atom is 0.253 e. The molecule has 0 fully saturated rings. The molecule has 0 aliphatic rings. The van der Waals surface area contributed by atoms with E-state index in [1.165, 1.54) is 5.56 Å². The quantitative estimate of drug-likeness (QED) is 0.887. The van der Waals surface area contributed by atoms with E-state index in [0.717, 1.165) is 11.4 Å². The first-order valence-electron chi connectivity index (χ1n) is 7.89. The highest BCUT2D eigenvalue weighted by molar-refractivity contribution is 5.95. The number of benzene rings is 1. The van der Waals surface area contributed by atoms with E-state index in [0.29, 0.717) is 5.56 Å². The van der Waals surface area contributed by atoms with Crippen LogP contribution in [0.4, 0.5) is 11.4 Å². The zero-order chi connectivity index (χ0) is 17.0. The van der Waals surface area contributed by atoms with Gasteiger partial charge in [0.05, 0.1) is 17.4 Å². The number of pyridine rings is 1. The molecule has 0 radical (unpaired) electrons. The summed E-state index contributed by atoms with van der Waals surface area (Å²) in [5.74, 6) is -0.112. The van der Waals surface area contributed by atoms with E-state index in [1.54, 1.807) is 12.4 Å². The van der Waals surface area contributed by atoms with Crippen LogP contribution in [0.2, 0.25) is 0 Å². The molecule has 0 unspecified atom stereocenters. The summed E-state index contributed by atoms with van der Waals surface area (Å²) < 4.78 is 0. The molecule has 0 aliphatic heterocycles. The number of carbonyl (C=O) groups excluding carboxylic acids is 1. The van der Waals surface area contributed by atoms with Crippen LogP contribution < -0.4 is 10.6 Å². The minimum Gasteiger partial charge on any atom is -0.354 e. The summed E-state index contributed by atoms with van der Waals surface area (Å²) in [6.07, 6.45) is 3.29. The molecule has 0 atom stereocenters. The van der Waals surface area contributed by atoms with Crippen LogP contribution >= 0.6 is 0 Å². The van der Waals surface area contributed by atoms with Crippen molar-refractivity contribution in [3.8, 4) is 0 Å².